The van der Waals surface area contributed by atoms with Gasteiger partial charge in [-0.25, -0.2) is 0 Å². The third-order valence-corrected chi connectivity index (χ3v) is 2.95. The summed E-state index contributed by atoms with van der Waals surface area (Å²) >= 11 is 11.5. The second kappa shape index (κ2) is 3.94. The van der Waals surface area contributed by atoms with Crippen LogP contribution < -0.4 is 0 Å². The first-order valence-corrected chi connectivity index (χ1v) is 4.64. The minimum Gasteiger partial charge on any atom is -0.352 e. The highest BCUT2D eigenvalue weighted by Crippen LogP contribution is 2.27. The third-order valence-electron chi connectivity index (χ3n) is 1.82. The van der Waals surface area contributed by atoms with Gasteiger partial charge in [0.2, 0.25) is 0 Å². The van der Waals surface area contributed by atoms with E-state index in [-0.39, 0.29) is 11.7 Å². The summed E-state index contributed by atoms with van der Waals surface area (Å²) in [6, 6.07) is 0. The molecule has 1 heterocycles. The van der Waals surface area contributed by atoms with Gasteiger partial charge in [-0.1, -0.05) is 0 Å². The molecule has 1 fully saturated rings. The van der Waals surface area contributed by atoms with Gasteiger partial charge in [0.25, 0.3) is 0 Å². The van der Waals surface area contributed by atoms with Crippen LogP contribution in [0.3, 0.4) is 0 Å². The van der Waals surface area contributed by atoms with Crippen molar-refractivity contribution in [2.24, 2.45) is 5.41 Å². The topological polar surface area (TPSA) is 18.5 Å². The molecule has 0 aliphatic carbocycles. The lowest BCUT2D eigenvalue weighted by Crippen LogP contribution is -2.43. The molecule has 0 aromatic heterocycles. The third kappa shape index (κ3) is 2.22. The van der Waals surface area contributed by atoms with Crippen molar-refractivity contribution in [2.75, 3.05) is 25.0 Å². The Bertz CT molecular complexity index is 116. The van der Waals surface area contributed by atoms with Crippen LogP contribution in [-0.4, -0.2) is 31.3 Å². The molecule has 1 rings (SSSR count). The van der Waals surface area contributed by atoms with Gasteiger partial charge < -0.3 is 9.47 Å². The molecule has 0 amide bonds. The quantitative estimate of drug-likeness (QED) is 0.631. The van der Waals surface area contributed by atoms with Crippen LogP contribution in [0.2, 0.25) is 0 Å². The lowest BCUT2D eigenvalue weighted by atomic mass is 9.95. The van der Waals surface area contributed by atoms with E-state index in [4.69, 9.17) is 32.7 Å². The van der Waals surface area contributed by atoms with Crippen molar-refractivity contribution in [3.8, 4) is 0 Å². The average Bonchev–Trinajstić information content (AvgIpc) is 2.07. The molecule has 2 nitrogen and oxygen atoms in total. The Morgan fingerprint density at radius 2 is 1.73 bits per heavy atom. The summed E-state index contributed by atoms with van der Waals surface area (Å²) < 4.78 is 10.6. The van der Waals surface area contributed by atoms with E-state index < -0.39 is 0 Å². The molecule has 0 aromatic rings. The van der Waals surface area contributed by atoms with E-state index in [2.05, 4.69) is 0 Å². The van der Waals surface area contributed by atoms with Gasteiger partial charge >= 0.3 is 0 Å². The molecule has 0 spiro atoms. The molecule has 0 N–H and O–H groups in total. The Labute approximate surface area is 76.8 Å². The van der Waals surface area contributed by atoms with E-state index in [0.29, 0.717) is 25.0 Å². The molecule has 11 heavy (non-hydrogen) atoms. The smallest absolute Gasteiger partial charge is 0.154 e. The van der Waals surface area contributed by atoms with Gasteiger partial charge in [-0.3, -0.25) is 0 Å². The molecule has 4 heteroatoms. The highest BCUT2D eigenvalue weighted by molar-refractivity contribution is 6.21. The van der Waals surface area contributed by atoms with Crippen molar-refractivity contribution >= 4 is 23.2 Å². The van der Waals surface area contributed by atoms with Crippen LogP contribution in [0.15, 0.2) is 0 Å². The molecule has 66 valence electrons. The maximum absolute atomic E-state index is 5.74. The van der Waals surface area contributed by atoms with Gasteiger partial charge in [0.1, 0.15) is 0 Å². The van der Waals surface area contributed by atoms with Crippen molar-refractivity contribution < 1.29 is 9.47 Å². The van der Waals surface area contributed by atoms with E-state index in [9.17, 15) is 0 Å². The largest absolute Gasteiger partial charge is 0.352 e. The van der Waals surface area contributed by atoms with E-state index >= 15 is 0 Å². The number of alkyl halides is 2. The van der Waals surface area contributed by atoms with Gasteiger partial charge in [0, 0.05) is 17.2 Å². The molecule has 0 unspecified atom stereocenters. The minimum atomic E-state index is -0.171. The van der Waals surface area contributed by atoms with Crippen LogP contribution in [0.25, 0.3) is 0 Å². The zero-order valence-corrected chi connectivity index (χ0v) is 7.99. The number of halogens is 2. The predicted octanol–water partition coefficient (Wildman–Crippen LogP) is 1.84. The molecule has 0 bridgehead atoms. The first kappa shape index (κ1) is 9.59. The Hall–Kier alpha value is 0.500. The zero-order valence-electron chi connectivity index (χ0n) is 6.48. The van der Waals surface area contributed by atoms with E-state index in [0.717, 1.165) is 0 Å². The van der Waals surface area contributed by atoms with Crippen LogP contribution in [0.1, 0.15) is 6.92 Å². The van der Waals surface area contributed by atoms with Crippen LogP contribution in [0.4, 0.5) is 0 Å². The molecular weight excluding hydrogens is 187 g/mol. The van der Waals surface area contributed by atoms with Crippen molar-refractivity contribution in [3.63, 3.8) is 0 Å². The number of hydrogen-bond acceptors (Lipinski definition) is 2. The molecule has 1 saturated heterocycles. The zero-order chi connectivity index (χ0) is 8.32. The fourth-order valence-electron chi connectivity index (χ4n) is 0.868. The molecular formula is C7H12Cl2O2. The van der Waals surface area contributed by atoms with Gasteiger partial charge in [0.05, 0.1) is 13.2 Å². The van der Waals surface area contributed by atoms with Gasteiger partial charge in [-0.05, 0) is 6.92 Å². The molecule has 1 aliphatic rings. The maximum Gasteiger partial charge on any atom is 0.154 e. The van der Waals surface area contributed by atoms with Crippen LogP contribution in [0.5, 0.6) is 0 Å². The Balaban J connectivity index is 2.45. The van der Waals surface area contributed by atoms with Gasteiger partial charge in [-0.15, -0.1) is 23.2 Å². The van der Waals surface area contributed by atoms with Crippen LogP contribution >= 0.6 is 23.2 Å². The minimum absolute atomic E-state index is 0.116. The average molecular weight is 199 g/mol. The Morgan fingerprint density at radius 3 is 2.09 bits per heavy atom. The molecule has 0 atom stereocenters. The summed E-state index contributed by atoms with van der Waals surface area (Å²) in [5, 5.41) is 0. The van der Waals surface area contributed by atoms with Crippen molar-refractivity contribution in [1.82, 2.24) is 0 Å². The summed E-state index contributed by atoms with van der Waals surface area (Å²) in [6.45, 7) is 3.06. The predicted molar refractivity (Wildman–Crippen MR) is 45.2 cm³/mol. The van der Waals surface area contributed by atoms with Crippen molar-refractivity contribution in [2.45, 2.75) is 13.2 Å². The number of ether oxygens (including phenoxy) is 2. The standard InChI is InChI=1S/C7H12Cl2O2/c1-6-10-4-7(2-8,3-9)5-11-6/h6H,2-5H2,1H3. The lowest BCUT2D eigenvalue weighted by Gasteiger charge is -2.36. The number of rotatable bonds is 2. The first-order chi connectivity index (χ1) is 5.22. The van der Waals surface area contributed by atoms with Crippen LogP contribution in [-0.2, 0) is 9.47 Å². The van der Waals surface area contributed by atoms with E-state index in [1.54, 1.807) is 0 Å². The Kier molecular flexibility index (Phi) is 3.44. The fourth-order valence-corrected chi connectivity index (χ4v) is 1.46. The Morgan fingerprint density at radius 1 is 1.27 bits per heavy atom. The highest BCUT2D eigenvalue weighted by atomic mass is 35.5. The first-order valence-electron chi connectivity index (χ1n) is 3.57. The summed E-state index contributed by atoms with van der Waals surface area (Å²) in [7, 11) is 0. The molecule has 0 radical (unpaired) electrons. The molecule has 0 saturated carbocycles. The van der Waals surface area contributed by atoms with Gasteiger partial charge in [0.15, 0.2) is 6.29 Å². The highest BCUT2D eigenvalue weighted by Gasteiger charge is 2.34. The normalized spacial score (nSPS) is 25.4. The lowest BCUT2D eigenvalue weighted by molar-refractivity contribution is -0.210. The maximum atomic E-state index is 5.74. The molecule has 1 aliphatic heterocycles. The molecule has 0 aromatic carbocycles. The summed E-state index contributed by atoms with van der Waals surface area (Å²) in [5.41, 5.74) is -0.171. The van der Waals surface area contributed by atoms with Crippen molar-refractivity contribution in [1.29, 1.82) is 0 Å². The summed E-state index contributed by atoms with van der Waals surface area (Å²) in [5.74, 6) is 0.979. The van der Waals surface area contributed by atoms with E-state index in [1.807, 2.05) is 6.92 Å². The summed E-state index contributed by atoms with van der Waals surface area (Å²) in [4.78, 5) is 0. The van der Waals surface area contributed by atoms with Crippen molar-refractivity contribution in [3.05, 3.63) is 0 Å². The van der Waals surface area contributed by atoms with Crippen LogP contribution in [0, 0.1) is 5.41 Å². The summed E-state index contributed by atoms with van der Waals surface area (Å²) in [6.07, 6.45) is -0.116. The fraction of sp³-hybridized carbons (Fsp3) is 1.00. The SMILES string of the molecule is CC1OCC(CCl)(CCl)CO1. The second-order valence-electron chi connectivity index (χ2n) is 2.96. The van der Waals surface area contributed by atoms with Gasteiger partial charge in [-0.2, -0.15) is 0 Å². The number of hydrogen-bond donors (Lipinski definition) is 0. The second-order valence-corrected chi connectivity index (χ2v) is 3.49. The van der Waals surface area contributed by atoms with E-state index in [1.165, 1.54) is 0 Å². The monoisotopic (exact) mass is 198 g/mol.